The zero-order valence-electron chi connectivity index (χ0n) is 16.9. The van der Waals surface area contributed by atoms with Gasteiger partial charge in [0.1, 0.15) is 18.7 Å². The van der Waals surface area contributed by atoms with Crippen LogP contribution in [-0.2, 0) is 21.0 Å². The van der Waals surface area contributed by atoms with E-state index in [1.165, 1.54) is 9.96 Å². The Kier molecular flexibility index (Phi) is 5.94. The van der Waals surface area contributed by atoms with E-state index >= 15 is 0 Å². The molecule has 0 saturated carbocycles. The lowest BCUT2D eigenvalue weighted by Gasteiger charge is -2.29. The van der Waals surface area contributed by atoms with Gasteiger partial charge in [-0.2, -0.15) is 5.06 Å². The molecule has 5 amide bonds. The SMILES string of the molecule is O=C(NNC(=O)[C@@H]1CC[C@@H]2CN1C(=O)N2OCc1ccccc1)[C@H]1CCCN1C(=O)O. The van der Waals surface area contributed by atoms with Gasteiger partial charge in [0.25, 0.3) is 11.8 Å². The van der Waals surface area contributed by atoms with Crippen LogP contribution in [0.5, 0.6) is 0 Å². The Morgan fingerprint density at radius 1 is 1.03 bits per heavy atom. The van der Waals surface area contributed by atoms with Crippen LogP contribution in [0.1, 0.15) is 31.2 Å². The van der Waals surface area contributed by atoms with Crippen molar-refractivity contribution in [3.8, 4) is 0 Å². The molecule has 3 atom stereocenters. The van der Waals surface area contributed by atoms with Crippen molar-refractivity contribution in [3.63, 3.8) is 0 Å². The second-order valence-electron chi connectivity index (χ2n) is 7.88. The highest BCUT2D eigenvalue weighted by Crippen LogP contribution is 2.30. The summed E-state index contributed by atoms with van der Waals surface area (Å²) >= 11 is 0. The molecule has 11 heteroatoms. The van der Waals surface area contributed by atoms with Crippen LogP contribution in [0.25, 0.3) is 0 Å². The molecule has 0 aromatic heterocycles. The minimum atomic E-state index is -1.17. The number of hydroxylamine groups is 2. The topological polar surface area (TPSA) is 132 Å². The highest BCUT2D eigenvalue weighted by Gasteiger charge is 2.48. The van der Waals surface area contributed by atoms with E-state index in [0.29, 0.717) is 32.2 Å². The number of nitrogens with one attached hydrogen (secondary N) is 2. The first-order valence-corrected chi connectivity index (χ1v) is 10.3. The number of amides is 5. The van der Waals surface area contributed by atoms with Gasteiger partial charge < -0.3 is 10.0 Å². The third-order valence-electron chi connectivity index (χ3n) is 5.95. The fourth-order valence-electron chi connectivity index (χ4n) is 4.35. The number of carbonyl (C=O) groups excluding carboxylic acids is 3. The summed E-state index contributed by atoms with van der Waals surface area (Å²) in [4.78, 5) is 57.1. The molecular formula is C20H25N5O6. The fraction of sp³-hybridized carbons (Fsp3) is 0.500. The minimum Gasteiger partial charge on any atom is -0.465 e. The Morgan fingerprint density at radius 3 is 2.45 bits per heavy atom. The van der Waals surface area contributed by atoms with Gasteiger partial charge in [0, 0.05) is 13.1 Å². The summed E-state index contributed by atoms with van der Waals surface area (Å²) in [5, 5.41) is 10.5. The molecule has 3 fully saturated rings. The number of nitrogens with zero attached hydrogens (tertiary/aromatic N) is 3. The maximum atomic E-state index is 12.8. The molecule has 3 aliphatic rings. The Hall–Kier alpha value is -3.34. The van der Waals surface area contributed by atoms with E-state index in [-0.39, 0.29) is 25.2 Å². The fourth-order valence-corrected chi connectivity index (χ4v) is 4.35. The molecule has 3 aliphatic heterocycles. The van der Waals surface area contributed by atoms with Crippen LogP contribution in [0.3, 0.4) is 0 Å². The number of hydrazine groups is 1. The number of fused-ring (bicyclic) bond motifs is 2. The second-order valence-corrected chi connectivity index (χ2v) is 7.88. The molecule has 3 heterocycles. The molecule has 0 unspecified atom stereocenters. The van der Waals surface area contributed by atoms with Crippen molar-refractivity contribution in [2.24, 2.45) is 0 Å². The van der Waals surface area contributed by atoms with E-state index in [9.17, 15) is 19.2 Å². The number of rotatable bonds is 5. The van der Waals surface area contributed by atoms with Crippen LogP contribution in [0.15, 0.2) is 30.3 Å². The molecule has 3 N–H and O–H groups in total. The number of benzene rings is 1. The number of likely N-dealkylation sites (tertiary alicyclic amines) is 1. The smallest absolute Gasteiger partial charge is 0.407 e. The van der Waals surface area contributed by atoms with E-state index in [0.717, 1.165) is 10.5 Å². The summed E-state index contributed by atoms with van der Waals surface area (Å²) < 4.78 is 0. The lowest BCUT2D eigenvalue weighted by Crippen LogP contribution is -2.57. The number of hydrogen-bond acceptors (Lipinski definition) is 5. The standard InChI is InChI=1S/C20H25N5O6/c26-17(15-7-4-10-23(15)20(29)30)21-22-18(27)16-9-8-14-11-24(16)19(28)25(14)31-12-13-5-2-1-3-6-13/h1-3,5-6,14-16H,4,7-12H2,(H,21,26)(H,22,27)(H,29,30)/t14-,15-,16+/m1/s1. The van der Waals surface area contributed by atoms with Crippen LogP contribution >= 0.6 is 0 Å². The van der Waals surface area contributed by atoms with Crippen LogP contribution in [0.4, 0.5) is 9.59 Å². The predicted octanol–water partition coefficient (Wildman–Crippen LogP) is 0.677. The molecule has 1 aromatic carbocycles. The largest absolute Gasteiger partial charge is 0.465 e. The van der Waals surface area contributed by atoms with E-state index in [4.69, 9.17) is 9.94 Å². The van der Waals surface area contributed by atoms with Crippen molar-refractivity contribution in [3.05, 3.63) is 35.9 Å². The molecule has 11 nitrogen and oxygen atoms in total. The third kappa shape index (κ3) is 4.26. The minimum absolute atomic E-state index is 0.127. The van der Waals surface area contributed by atoms with E-state index < -0.39 is 30.0 Å². The molecule has 0 spiro atoms. The number of hydrogen-bond donors (Lipinski definition) is 3. The molecule has 0 radical (unpaired) electrons. The summed E-state index contributed by atoms with van der Waals surface area (Å²) in [7, 11) is 0. The Balaban J connectivity index is 1.30. The van der Waals surface area contributed by atoms with Crippen LogP contribution in [0.2, 0.25) is 0 Å². The van der Waals surface area contributed by atoms with Gasteiger partial charge in [0.05, 0.1) is 6.04 Å². The zero-order chi connectivity index (χ0) is 22.0. The van der Waals surface area contributed by atoms with Crippen molar-refractivity contribution in [1.29, 1.82) is 0 Å². The van der Waals surface area contributed by atoms with E-state index in [2.05, 4.69) is 10.9 Å². The van der Waals surface area contributed by atoms with Crippen molar-refractivity contribution >= 4 is 23.9 Å². The number of carbonyl (C=O) groups is 4. The summed E-state index contributed by atoms with van der Waals surface area (Å²) in [6.07, 6.45) is 0.855. The normalized spacial score (nSPS) is 25.0. The molecule has 166 valence electrons. The van der Waals surface area contributed by atoms with Gasteiger partial charge in [-0.3, -0.25) is 30.2 Å². The van der Waals surface area contributed by atoms with Crippen molar-refractivity contribution < 1.29 is 29.1 Å². The predicted molar refractivity (Wildman–Crippen MR) is 106 cm³/mol. The van der Waals surface area contributed by atoms with Crippen molar-refractivity contribution in [2.75, 3.05) is 13.1 Å². The average molecular weight is 431 g/mol. The molecule has 4 rings (SSSR count). The summed E-state index contributed by atoms with van der Waals surface area (Å²) in [6.45, 7) is 0.910. The van der Waals surface area contributed by atoms with Gasteiger partial charge in [-0.25, -0.2) is 9.59 Å². The maximum absolute atomic E-state index is 12.8. The number of urea groups is 1. The molecule has 3 saturated heterocycles. The van der Waals surface area contributed by atoms with Gasteiger partial charge in [0.2, 0.25) is 0 Å². The van der Waals surface area contributed by atoms with Gasteiger partial charge in [-0.15, -0.1) is 0 Å². The Labute approximate surface area is 178 Å². The molecule has 2 bridgehead atoms. The highest BCUT2D eigenvalue weighted by molar-refractivity contribution is 5.91. The Morgan fingerprint density at radius 2 is 1.74 bits per heavy atom. The van der Waals surface area contributed by atoms with Crippen LogP contribution < -0.4 is 10.9 Å². The van der Waals surface area contributed by atoms with Gasteiger partial charge >= 0.3 is 12.1 Å². The van der Waals surface area contributed by atoms with Gasteiger partial charge in [-0.05, 0) is 31.2 Å². The van der Waals surface area contributed by atoms with Crippen molar-refractivity contribution in [1.82, 2.24) is 25.7 Å². The number of piperidine rings is 1. The highest BCUT2D eigenvalue weighted by atomic mass is 16.7. The second kappa shape index (κ2) is 8.80. The zero-order valence-corrected chi connectivity index (χ0v) is 16.9. The van der Waals surface area contributed by atoms with E-state index in [1.54, 1.807) is 0 Å². The first kappa shape index (κ1) is 20.9. The first-order chi connectivity index (χ1) is 15.0. The third-order valence-corrected chi connectivity index (χ3v) is 5.95. The maximum Gasteiger partial charge on any atom is 0.407 e. The lowest BCUT2D eigenvalue weighted by atomic mass is 10.0. The molecule has 1 aromatic rings. The van der Waals surface area contributed by atoms with Gasteiger partial charge in [-0.1, -0.05) is 30.3 Å². The monoisotopic (exact) mass is 431 g/mol. The lowest BCUT2D eigenvalue weighted by molar-refractivity contribution is -0.140. The Bertz CT molecular complexity index is 865. The quantitative estimate of drug-likeness (QED) is 0.588. The first-order valence-electron chi connectivity index (χ1n) is 10.3. The van der Waals surface area contributed by atoms with E-state index in [1.807, 2.05) is 30.3 Å². The molecular weight excluding hydrogens is 406 g/mol. The van der Waals surface area contributed by atoms with Crippen LogP contribution in [0, 0.1) is 0 Å². The number of carboxylic acid groups (broad SMARTS) is 1. The summed E-state index contributed by atoms with van der Waals surface area (Å²) in [5.74, 6) is -1.09. The average Bonchev–Trinajstić information content (AvgIpc) is 3.36. The summed E-state index contributed by atoms with van der Waals surface area (Å²) in [6, 6.07) is 7.43. The van der Waals surface area contributed by atoms with Gasteiger partial charge in [0.15, 0.2) is 0 Å². The van der Waals surface area contributed by atoms with Crippen molar-refractivity contribution in [2.45, 2.75) is 50.4 Å². The molecule has 0 aliphatic carbocycles. The van der Waals surface area contributed by atoms with Crippen LogP contribution in [-0.4, -0.2) is 75.1 Å². The molecule has 31 heavy (non-hydrogen) atoms. The summed E-state index contributed by atoms with van der Waals surface area (Å²) in [5.41, 5.74) is 5.60.